The van der Waals surface area contributed by atoms with Crippen LogP contribution in [-0.4, -0.2) is 36.4 Å². The zero-order valence-corrected chi connectivity index (χ0v) is 15.8. The van der Waals surface area contributed by atoms with Crippen LogP contribution in [0.1, 0.15) is 22.8 Å². The van der Waals surface area contributed by atoms with Crippen molar-refractivity contribution in [2.24, 2.45) is 0 Å². The van der Waals surface area contributed by atoms with Crippen LogP contribution in [0.4, 0.5) is 10.8 Å². The van der Waals surface area contributed by atoms with Gasteiger partial charge in [-0.1, -0.05) is 23.5 Å². The minimum atomic E-state index is -0.106. The van der Waals surface area contributed by atoms with Crippen LogP contribution in [0.2, 0.25) is 0 Å². The van der Waals surface area contributed by atoms with Crippen molar-refractivity contribution in [2.75, 3.05) is 29.9 Å². The normalized spacial score (nSPS) is 12.9. The van der Waals surface area contributed by atoms with Gasteiger partial charge >= 0.3 is 0 Å². The van der Waals surface area contributed by atoms with E-state index in [0.29, 0.717) is 25.2 Å². The summed E-state index contributed by atoms with van der Waals surface area (Å²) < 4.78 is 1.14. The van der Waals surface area contributed by atoms with Crippen molar-refractivity contribution in [1.29, 1.82) is 0 Å². The number of anilines is 2. The summed E-state index contributed by atoms with van der Waals surface area (Å²) in [6.07, 6.45) is 0.787. The Hall–Kier alpha value is -2.93. The minimum Gasteiger partial charge on any atom is -0.360 e. The number of aromatic nitrogens is 1. The first-order valence-corrected chi connectivity index (χ1v) is 9.72. The predicted octanol–water partition coefficient (Wildman–Crippen LogP) is 3.05. The maximum absolute atomic E-state index is 12.4. The third kappa shape index (κ3) is 3.64. The van der Waals surface area contributed by atoms with Crippen LogP contribution >= 0.6 is 11.3 Å². The fraction of sp³-hybridized carbons (Fsp3) is 0.250. The Kier molecular flexibility index (Phi) is 4.77. The number of nitrogens with one attached hydrogen (secondary N) is 2. The average molecular weight is 380 g/mol. The van der Waals surface area contributed by atoms with E-state index >= 15 is 0 Å². The fourth-order valence-corrected chi connectivity index (χ4v) is 4.16. The summed E-state index contributed by atoms with van der Waals surface area (Å²) in [5.74, 6) is -0.0722. The Morgan fingerprint density at radius 3 is 2.85 bits per heavy atom. The topological polar surface area (TPSA) is 74.3 Å². The fourth-order valence-electron chi connectivity index (χ4n) is 3.27. The number of carbonyl (C=O) groups is 2. The summed E-state index contributed by atoms with van der Waals surface area (Å²) in [5, 5.41) is 7.03. The quantitative estimate of drug-likeness (QED) is 0.667. The standard InChI is InChI=1S/C20H20N4O2S/c1-13(25)24-11-8-14-12-15(6-7-17(14)24)19(26)21-9-10-22-20-23-16-4-2-3-5-18(16)27-20/h2-7,12H,8-11H2,1H3,(H,21,26)(H,22,23). The lowest BCUT2D eigenvalue weighted by atomic mass is 10.1. The molecule has 0 saturated carbocycles. The molecule has 0 aliphatic carbocycles. The van der Waals surface area contributed by atoms with Crippen LogP contribution in [-0.2, 0) is 11.2 Å². The van der Waals surface area contributed by atoms with Gasteiger partial charge in [-0.15, -0.1) is 0 Å². The van der Waals surface area contributed by atoms with E-state index in [1.807, 2.05) is 36.4 Å². The van der Waals surface area contributed by atoms with E-state index in [0.717, 1.165) is 33.0 Å². The van der Waals surface area contributed by atoms with Crippen molar-refractivity contribution in [1.82, 2.24) is 10.3 Å². The highest BCUT2D eigenvalue weighted by Crippen LogP contribution is 2.29. The van der Waals surface area contributed by atoms with Crippen molar-refractivity contribution < 1.29 is 9.59 Å². The number of thiazole rings is 1. The molecule has 2 heterocycles. The Morgan fingerprint density at radius 2 is 2.04 bits per heavy atom. The predicted molar refractivity (Wildman–Crippen MR) is 109 cm³/mol. The molecule has 2 N–H and O–H groups in total. The smallest absolute Gasteiger partial charge is 0.251 e. The van der Waals surface area contributed by atoms with Crippen molar-refractivity contribution >= 4 is 44.2 Å². The molecule has 1 aliphatic rings. The summed E-state index contributed by atoms with van der Waals surface area (Å²) in [4.78, 5) is 30.3. The summed E-state index contributed by atoms with van der Waals surface area (Å²) in [7, 11) is 0. The monoisotopic (exact) mass is 380 g/mol. The lowest BCUT2D eigenvalue weighted by Gasteiger charge is -2.14. The van der Waals surface area contributed by atoms with Gasteiger partial charge in [0.2, 0.25) is 5.91 Å². The molecule has 2 aromatic carbocycles. The van der Waals surface area contributed by atoms with Gasteiger partial charge in [-0.25, -0.2) is 4.98 Å². The first kappa shape index (κ1) is 17.5. The van der Waals surface area contributed by atoms with Crippen LogP contribution in [0.25, 0.3) is 10.2 Å². The molecule has 0 unspecified atom stereocenters. The summed E-state index contributed by atoms with van der Waals surface area (Å²) in [6, 6.07) is 13.5. The number of para-hydroxylation sites is 1. The minimum absolute atomic E-state index is 0.0341. The SMILES string of the molecule is CC(=O)N1CCc2cc(C(=O)NCCNc3nc4ccccc4s3)ccc21. The summed E-state index contributed by atoms with van der Waals surface area (Å²) in [6.45, 7) is 3.36. The first-order valence-electron chi connectivity index (χ1n) is 8.90. The molecule has 0 saturated heterocycles. The van der Waals surface area contributed by atoms with Gasteiger partial charge in [0, 0.05) is 37.8 Å². The van der Waals surface area contributed by atoms with Crippen LogP contribution in [0.15, 0.2) is 42.5 Å². The molecule has 6 nitrogen and oxygen atoms in total. The molecule has 0 spiro atoms. The Morgan fingerprint density at radius 1 is 1.19 bits per heavy atom. The molecule has 138 valence electrons. The van der Waals surface area contributed by atoms with Crippen molar-refractivity contribution in [3.8, 4) is 0 Å². The number of hydrogen-bond acceptors (Lipinski definition) is 5. The average Bonchev–Trinajstić information content (AvgIpc) is 3.27. The zero-order valence-electron chi connectivity index (χ0n) is 15.0. The zero-order chi connectivity index (χ0) is 18.8. The van der Waals surface area contributed by atoms with E-state index in [1.165, 1.54) is 0 Å². The van der Waals surface area contributed by atoms with Gasteiger partial charge in [0.15, 0.2) is 5.13 Å². The Balaban J connectivity index is 1.31. The number of benzene rings is 2. The molecule has 3 aromatic rings. The number of carbonyl (C=O) groups excluding carboxylic acids is 2. The highest BCUT2D eigenvalue weighted by Gasteiger charge is 2.23. The van der Waals surface area contributed by atoms with Gasteiger partial charge in [-0.3, -0.25) is 9.59 Å². The molecule has 7 heteroatoms. The summed E-state index contributed by atoms with van der Waals surface area (Å²) in [5.41, 5.74) is 3.56. The van der Waals surface area contributed by atoms with Gasteiger partial charge in [0.05, 0.1) is 10.2 Å². The number of rotatable bonds is 5. The van der Waals surface area contributed by atoms with Crippen LogP contribution < -0.4 is 15.5 Å². The van der Waals surface area contributed by atoms with Gasteiger partial charge in [-0.05, 0) is 42.3 Å². The van der Waals surface area contributed by atoms with Gasteiger partial charge in [0.1, 0.15) is 0 Å². The van der Waals surface area contributed by atoms with Gasteiger partial charge in [0.25, 0.3) is 5.91 Å². The van der Waals surface area contributed by atoms with Gasteiger partial charge in [-0.2, -0.15) is 0 Å². The second kappa shape index (κ2) is 7.36. The Bertz CT molecular complexity index is 981. The molecule has 0 bridgehead atoms. The van der Waals surface area contributed by atoms with E-state index in [-0.39, 0.29) is 11.8 Å². The molecule has 0 radical (unpaired) electrons. The maximum Gasteiger partial charge on any atom is 0.251 e. The highest BCUT2D eigenvalue weighted by atomic mass is 32.1. The van der Waals surface area contributed by atoms with E-state index in [1.54, 1.807) is 29.2 Å². The third-order valence-corrected chi connectivity index (χ3v) is 5.59. The molecule has 4 rings (SSSR count). The van der Waals surface area contributed by atoms with E-state index in [4.69, 9.17) is 0 Å². The number of nitrogens with zero attached hydrogens (tertiary/aromatic N) is 2. The van der Waals surface area contributed by atoms with E-state index in [9.17, 15) is 9.59 Å². The maximum atomic E-state index is 12.4. The third-order valence-electron chi connectivity index (χ3n) is 4.60. The largest absolute Gasteiger partial charge is 0.360 e. The summed E-state index contributed by atoms with van der Waals surface area (Å²) >= 11 is 1.60. The van der Waals surface area contributed by atoms with Crippen molar-refractivity contribution in [3.63, 3.8) is 0 Å². The second-order valence-corrected chi connectivity index (χ2v) is 7.46. The molecular weight excluding hydrogens is 360 g/mol. The molecule has 1 aromatic heterocycles. The first-order chi connectivity index (χ1) is 13.1. The Labute approximate surface area is 161 Å². The van der Waals surface area contributed by atoms with Crippen LogP contribution in [0.5, 0.6) is 0 Å². The van der Waals surface area contributed by atoms with Crippen LogP contribution in [0.3, 0.4) is 0 Å². The van der Waals surface area contributed by atoms with E-state index in [2.05, 4.69) is 15.6 Å². The molecule has 2 amide bonds. The molecule has 27 heavy (non-hydrogen) atoms. The van der Waals surface area contributed by atoms with Gasteiger partial charge < -0.3 is 15.5 Å². The van der Waals surface area contributed by atoms with Crippen molar-refractivity contribution in [3.05, 3.63) is 53.6 Å². The lowest BCUT2D eigenvalue weighted by molar-refractivity contribution is -0.116. The number of amides is 2. The molecular formula is C20H20N4O2S. The highest BCUT2D eigenvalue weighted by molar-refractivity contribution is 7.22. The second-order valence-electron chi connectivity index (χ2n) is 6.43. The number of fused-ring (bicyclic) bond motifs is 2. The molecule has 0 fully saturated rings. The molecule has 0 atom stereocenters. The van der Waals surface area contributed by atoms with E-state index < -0.39 is 0 Å². The lowest BCUT2D eigenvalue weighted by Crippen LogP contribution is -2.29. The number of hydrogen-bond donors (Lipinski definition) is 2. The molecule has 1 aliphatic heterocycles. The van der Waals surface area contributed by atoms with Crippen molar-refractivity contribution in [2.45, 2.75) is 13.3 Å². The van der Waals surface area contributed by atoms with Crippen LogP contribution in [0, 0.1) is 0 Å².